The van der Waals surface area contributed by atoms with E-state index in [1.54, 1.807) is 30.6 Å². The second-order valence-electron chi connectivity index (χ2n) is 7.86. The molecule has 0 aliphatic carbocycles. The minimum atomic E-state index is -4.33. The largest absolute Gasteiger partial charge is 0.416 e. The van der Waals surface area contributed by atoms with Crippen molar-refractivity contribution in [3.05, 3.63) is 59.9 Å². The first-order valence-electron chi connectivity index (χ1n) is 10.3. The summed E-state index contributed by atoms with van der Waals surface area (Å²) in [5, 5.41) is 0. The molecule has 0 spiro atoms. The van der Waals surface area contributed by atoms with Crippen molar-refractivity contribution in [2.24, 2.45) is 0 Å². The first-order chi connectivity index (χ1) is 14.4. The normalized spacial score (nSPS) is 21.0. The Labute approximate surface area is 174 Å². The summed E-state index contributed by atoms with van der Waals surface area (Å²) in [4.78, 5) is 23.0. The van der Waals surface area contributed by atoms with Crippen LogP contribution >= 0.6 is 0 Å². The first kappa shape index (κ1) is 20.7. The Kier molecular flexibility index (Phi) is 5.94. The molecule has 30 heavy (non-hydrogen) atoms. The van der Waals surface area contributed by atoms with E-state index in [4.69, 9.17) is 0 Å². The molecule has 5 nitrogen and oxygen atoms in total. The van der Waals surface area contributed by atoms with E-state index in [1.807, 2.05) is 9.80 Å². The van der Waals surface area contributed by atoms with Crippen LogP contribution in [0.3, 0.4) is 0 Å². The van der Waals surface area contributed by atoms with Gasteiger partial charge in [-0.15, -0.1) is 0 Å². The summed E-state index contributed by atoms with van der Waals surface area (Å²) in [6.45, 7) is 4.32. The van der Waals surface area contributed by atoms with Crippen LogP contribution in [0.4, 0.5) is 18.9 Å². The highest BCUT2D eigenvalue weighted by Gasteiger charge is 2.32. The minimum Gasteiger partial charge on any atom is -0.369 e. The lowest BCUT2D eigenvalue weighted by molar-refractivity contribution is -0.137. The number of nitrogens with zero attached hydrogens (tertiary/aromatic N) is 4. The van der Waals surface area contributed by atoms with Gasteiger partial charge in [0.1, 0.15) is 0 Å². The Balaban J connectivity index is 1.35. The molecular formula is C22H25F3N4O. The van der Waals surface area contributed by atoms with Crippen molar-refractivity contribution in [3.8, 4) is 0 Å². The monoisotopic (exact) mass is 418 g/mol. The molecule has 1 aromatic heterocycles. The maximum atomic E-state index is 13.0. The summed E-state index contributed by atoms with van der Waals surface area (Å²) in [6.07, 6.45) is 0.897. The number of likely N-dealkylation sites (tertiary alicyclic amines) is 1. The number of amides is 1. The van der Waals surface area contributed by atoms with Crippen molar-refractivity contribution >= 4 is 11.6 Å². The zero-order valence-electron chi connectivity index (χ0n) is 16.7. The maximum absolute atomic E-state index is 13.0. The van der Waals surface area contributed by atoms with Gasteiger partial charge in [-0.3, -0.25) is 14.7 Å². The third-order valence-corrected chi connectivity index (χ3v) is 5.96. The minimum absolute atomic E-state index is 0.00963. The quantitative estimate of drug-likeness (QED) is 0.765. The highest BCUT2D eigenvalue weighted by atomic mass is 19.4. The highest BCUT2D eigenvalue weighted by molar-refractivity contribution is 5.93. The number of anilines is 1. The summed E-state index contributed by atoms with van der Waals surface area (Å²) < 4.78 is 39.0. The van der Waals surface area contributed by atoms with Gasteiger partial charge in [-0.2, -0.15) is 13.2 Å². The number of alkyl halides is 3. The molecule has 0 radical (unpaired) electrons. The number of benzene rings is 1. The number of hydrogen-bond acceptors (Lipinski definition) is 4. The van der Waals surface area contributed by atoms with Crippen LogP contribution in [0, 0.1) is 0 Å². The van der Waals surface area contributed by atoms with Gasteiger partial charge >= 0.3 is 6.18 Å². The number of piperazine rings is 1. The number of halogens is 3. The van der Waals surface area contributed by atoms with Gasteiger partial charge in [0.25, 0.3) is 5.91 Å². The van der Waals surface area contributed by atoms with Crippen LogP contribution in [0.25, 0.3) is 0 Å². The summed E-state index contributed by atoms with van der Waals surface area (Å²) in [5.41, 5.74) is 0.605. The van der Waals surface area contributed by atoms with E-state index >= 15 is 0 Å². The molecule has 0 bridgehead atoms. The molecule has 1 aromatic carbocycles. The van der Waals surface area contributed by atoms with E-state index in [0.29, 0.717) is 30.9 Å². The summed E-state index contributed by atoms with van der Waals surface area (Å²) in [5.74, 6) is 0.00963. The topological polar surface area (TPSA) is 39.7 Å². The van der Waals surface area contributed by atoms with Crippen LogP contribution in [0.1, 0.15) is 28.8 Å². The maximum Gasteiger partial charge on any atom is 0.416 e. The van der Waals surface area contributed by atoms with Crippen LogP contribution < -0.4 is 4.90 Å². The van der Waals surface area contributed by atoms with Gasteiger partial charge in [0, 0.05) is 63.4 Å². The van der Waals surface area contributed by atoms with Crippen LogP contribution in [-0.4, -0.2) is 66.0 Å². The van der Waals surface area contributed by atoms with Crippen molar-refractivity contribution in [2.75, 3.05) is 44.2 Å². The number of carbonyl (C=O) groups excluding carboxylic acids is 1. The molecule has 1 amide bonds. The highest BCUT2D eigenvalue weighted by Crippen LogP contribution is 2.32. The van der Waals surface area contributed by atoms with E-state index in [2.05, 4.69) is 9.88 Å². The molecule has 2 aromatic rings. The molecule has 2 fully saturated rings. The molecule has 0 unspecified atom stereocenters. The van der Waals surface area contributed by atoms with Crippen LogP contribution in [-0.2, 0) is 6.18 Å². The Hall–Kier alpha value is -2.61. The summed E-state index contributed by atoms with van der Waals surface area (Å²) in [7, 11) is 0. The zero-order valence-corrected chi connectivity index (χ0v) is 16.7. The second kappa shape index (κ2) is 8.63. The van der Waals surface area contributed by atoms with Gasteiger partial charge in [0.15, 0.2) is 0 Å². The SMILES string of the molecule is O=C(c1cccnc1)N1CCC[C@@H](N2CCN(c3cccc(C(F)(F)F)c3)CC2)C1. The molecule has 1 atom stereocenters. The smallest absolute Gasteiger partial charge is 0.369 e. The fourth-order valence-electron chi connectivity index (χ4n) is 4.33. The lowest BCUT2D eigenvalue weighted by atomic mass is 10.0. The van der Waals surface area contributed by atoms with Gasteiger partial charge in [0.2, 0.25) is 0 Å². The Morgan fingerprint density at radius 2 is 1.83 bits per heavy atom. The average Bonchev–Trinajstić information content (AvgIpc) is 2.79. The summed E-state index contributed by atoms with van der Waals surface area (Å²) >= 11 is 0. The number of piperidine rings is 1. The number of carbonyl (C=O) groups is 1. The van der Waals surface area contributed by atoms with Gasteiger partial charge < -0.3 is 9.80 Å². The predicted molar refractivity (Wildman–Crippen MR) is 108 cm³/mol. The second-order valence-corrected chi connectivity index (χ2v) is 7.86. The Bertz CT molecular complexity index is 866. The molecule has 4 rings (SSSR count). The van der Waals surface area contributed by atoms with Crippen molar-refractivity contribution in [3.63, 3.8) is 0 Å². The molecule has 0 saturated carbocycles. The lowest BCUT2D eigenvalue weighted by Gasteiger charge is -2.44. The molecule has 160 valence electrons. The third kappa shape index (κ3) is 4.59. The number of rotatable bonds is 3. The van der Waals surface area contributed by atoms with Gasteiger partial charge in [-0.1, -0.05) is 6.07 Å². The van der Waals surface area contributed by atoms with Gasteiger partial charge in [-0.25, -0.2) is 0 Å². The van der Waals surface area contributed by atoms with Gasteiger partial charge in [-0.05, 0) is 43.2 Å². The van der Waals surface area contributed by atoms with Crippen LogP contribution in [0.15, 0.2) is 48.8 Å². The predicted octanol–water partition coefficient (Wildman–Crippen LogP) is 3.53. The number of aromatic nitrogens is 1. The molecule has 2 aliphatic heterocycles. The average molecular weight is 418 g/mol. The molecule has 2 saturated heterocycles. The molecule has 8 heteroatoms. The fraction of sp³-hybridized carbons (Fsp3) is 0.455. The van der Waals surface area contributed by atoms with E-state index in [1.165, 1.54) is 12.1 Å². The number of hydrogen-bond donors (Lipinski definition) is 0. The standard InChI is InChI=1S/C22H25F3N4O/c23-22(24,25)18-5-1-6-19(14-18)27-10-12-28(13-11-27)20-7-3-9-29(16-20)21(30)17-4-2-8-26-15-17/h1-2,4-6,8,14-15,20H,3,7,9-13,16H2/t20-/m1/s1. The Morgan fingerprint density at radius 1 is 1.03 bits per heavy atom. The van der Waals surface area contributed by atoms with E-state index in [-0.39, 0.29) is 11.9 Å². The molecular weight excluding hydrogens is 393 g/mol. The Morgan fingerprint density at radius 3 is 2.53 bits per heavy atom. The zero-order chi connectivity index (χ0) is 21.1. The van der Waals surface area contributed by atoms with Crippen molar-refractivity contribution < 1.29 is 18.0 Å². The number of pyridine rings is 1. The lowest BCUT2D eigenvalue weighted by Crippen LogP contribution is -2.55. The van der Waals surface area contributed by atoms with Crippen molar-refractivity contribution in [1.82, 2.24) is 14.8 Å². The molecule has 2 aliphatic rings. The summed E-state index contributed by atoms with van der Waals surface area (Å²) in [6, 6.07) is 9.37. The van der Waals surface area contributed by atoms with E-state index in [9.17, 15) is 18.0 Å². The van der Waals surface area contributed by atoms with Gasteiger partial charge in [0.05, 0.1) is 11.1 Å². The van der Waals surface area contributed by atoms with Crippen LogP contribution in [0.5, 0.6) is 0 Å². The van der Waals surface area contributed by atoms with Crippen LogP contribution in [0.2, 0.25) is 0 Å². The fourth-order valence-corrected chi connectivity index (χ4v) is 4.33. The first-order valence-corrected chi connectivity index (χ1v) is 10.3. The van der Waals surface area contributed by atoms with E-state index < -0.39 is 11.7 Å². The van der Waals surface area contributed by atoms with E-state index in [0.717, 1.165) is 38.5 Å². The van der Waals surface area contributed by atoms with Crippen molar-refractivity contribution in [2.45, 2.75) is 25.1 Å². The molecule has 0 N–H and O–H groups in total. The van der Waals surface area contributed by atoms with Crippen molar-refractivity contribution in [1.29, 1.82) is 0 Å². The third-order valence-electron chi connectivity index (χ3n) is 5.96. The molecule has 3 heterocycles.